The number of aromatic amines is 1. The Bertz CT molecular complexity index is 883. The zero-order chi connectivity index (χ0) is 18.4. The molecule has 6 nitrogen and oxygen atoms in total. The molecule has 1 aromatic carbocycles. The van der Waals surface area contributed by atoms with Crippen LogP contribution >= 0.6 is 0 Å². The Morgan fingerprint density at radius 1 is 1.04 bits per heavy atom. The second-order valence-electron chi connectivity index (χ2n) is 8.38. The van der Waals surface area contributed by atoms with Crippen LogP contribution in [0.2, 0.25) is 0 Å². The lowest BCUT2D eigenvalue weighted by Gasteiger charge is -2.36. The maximum absolute atomic E-state index is 13.1. The number of nitrogens with zero attached hydrogens (tertiary/aromatic N) is 3. The lowest BCUT2D eigenvalue weighted by Crippen LogP contribution is -2.45. The summed E-state index contributed by atoms with van der Waals surface area (Å²) in [5.74, 6) is 1.38. The van der Waals surface area contributed by atoms with Gasteiger partial charge in [0.25, 0.3) is 11.5 Å². The van der Waals surface area contributed by atoms with Crippen LogP contribution in [0, 0.1) is 11.8 Å². The van der Waals surface area contributed by atoms with Crippen LogP contribution in [0.1, 0.15) is 36.2 Å². The average molecular weight is 366 g/mol. The number of nitrogens with one attached hydrogen (secondary N) is 1. The summed E-state index contributed by atoms with van der Waals surface area (Å²) in [5.41, 5.74) is 0.935. The van der Waals surface area contributed by atoms with Crippen molar-refractivity contribution < 1.29 is 4.79 Å². The molecule has 1 amide bonds. The number of carbonyl (C=O) groups excluding carboxylic acids is 1. The molecule has 4 heterocycles. The molecule has 4 aliphatic rings. The molecule has 3 saturated heterocycles. The van der Waals surface area contributed by atoms with Crippen LogP contribution < -0.4 is 5.56 Å². The van der Waals surface area contributed by atoms with E-state index >= 15 is 0 Å². The van der Waals surface area contributed by atoms with Crippen molar-refractivity contribution in [1.29, 1.82) is 0 Å². The molecule has 6 heteroatoms. The molecule has 2 aromatic rings. The SMILES string of the molecule is O=C(c1cc(=O)n(-c2ccccc2)[nH]1)N1C[C@H]2CC[C@@H](C1)N(CC1CC1)C2. The highest BCUT2D eigenvalue weighted by molar-refractivity contribution is 5.92. The van der Waals surface area contributed by atoms with E-state index in [1.807, 2.05) is 35.2 Å². The number of aromatic nitrogens is 2. The van der Waals surface area contributed by atoms with Crippen molar-refractivity contribution in [2.24, 2.45) is 11.8 Å². The van der Waals surface area contributed by atoms with Crippen molar-refractivity contribution in [2.45, 2.75) is 31.7 Å². The van der Waals surface area contributed by atoms with E-state index in [9.17, 15) is 9.59 Å². The van der Waals surface area contributed by atoms with Crippen LogP contribution in [0.25, 0.3) is 5.69 Å². The number of carbonyl (C=O) groups is 1. The first-order chi connectivity index (χ1) is 13.2. The summed E-state index contributed by atoms with van der Waals surface area (Å²) in [5, 5.41) is 3.02. The van der Waals surface area contributed by atoms with Gasteiger partial charge >= 0.3 is 0 Å². The van der Waals surface area contributed by atoms with Gasteiger partial charge in [-0.2, -0.15) is 0 Å². The van der Waals surface area contributed by atoms with E-state index in [-0.39, 0.29) is 11.5 Å². The monoisotopic (exact) mass is 366 g/mol. The van der Waals surface area contributed by atoms with Gasteiger partial charge in [-0.3, -0.25) is 19.6 Å². The number of hydrogen-bond acceptors (Lipinski definition) is 3. The molecule has 4 fully saturated rings. The molecule has 0 spiro atoms. The molecule has 0 unspecified atom stereocenters. The minimum absolute atomic E-state index is 0.0491. The van der Waals surface area contributed by atoms with Crippen LogP contribution in [0.15, 0.2) is 41.2 Å². The number of rotatable bonds is 4. The second-order valence-corrected chi connectivity index (χ2v) is 8.38. The van der Waals surface area contributed by atoms with Gasteiger partial charge in [-0.15, -0.1) is 0 Å². The largest absolute Gasteiger partial charge is 0.335 e. The highest BCUT2D eigenvalue weighted by Gasteiger charge is 2.39. The number of amides is 1. The lowest BCUT2D eigenvalue weighted by molar-refractivity contribution is 0.0730. The first-order valence-corrected chi connectivity index (χ1v) is 10.1. The highest BCUT2D eigenvalue weighted by atomic mass is 16.2. The van der Waals surface area contributed by atoms with E-state index in [0.717, 1.165) is 31.2 Å². The standard InChI is InChI=1S/C21H26N4O2/c26-20-10-19(22-25(20)17-4-2-1-3-5-17)21(27)24-13-16-8-9-18(14-24)23(12-16)11-15-6-7-15/h1-5,10,15-16,18,22H,6-9,11-14H2/t16-,18-/m0/s1. The predicted molar refractivity (Wildman–Crippen MR) is 103 cm³/mol. The maximum atomic E-state index is 13.1. The summed E-state index contributed by atoms with van der Waals surface area (Å²) in [6, 6.07) is 11.3. The number of benzene rings is 1. The summed E-state index contributed by atoms with van der Waals surface area (Å²) in [6.45, 7) is 3.90. The quantitative estimate of drug-likeness (QED) is 0.902. The molecule has 6 rings (SSSR count). The minimum Gasteiger partial charge on any atom is -0.335 e. The third-order valence-electron chi connectivity index (χ3n) is 6.27. The van der Waals surface area contributed by atoms with Crippen LogP contribution in [-0.4, -0.2) is 57.7 Å². The molecule has 1 N–H and O–H groups in total. The van der Waals surface area contributed by atoms with E-state index in [1.165, 1.54) is 43.0 Å². The smallest absolute Gasteiger partial charge is 0.272 e. The van der Waals surface area contributed by atoms with Crippen LogP contribution in [0.3, 0.4) is 0 Å². The first kappa shape index (κ1) is 16.8. The number of fused-ring (bicyclic) bond motifs is 4. The van der Waals surface area contributed by atoms with E-state index in [2.05, 4.69) is 10.00 Å². The molecular formula is C21H26N4O2. The molecule has 1 aromatic heterocycles. The maximum Gasteiger partial charge on any atom is 0.272 e. The van der Waals surface area contributed by atoms with Crippen LogP contribution in [-0.2, 0) is 0 Å². The van der Waals surface area contributed by atoms with Crippen molar-refractivity contribution in [1.82, 2.24) is 19.6 Å². The van der Waals surface area contributed by atoms with Crippen molar-refractivity contribution in [3.05, 3.63) is 52.4 Å². The molecule has 27 heavy (non-hydrogen) atoms. The van der Waals surface area contributed by atoms with Gasteiger partial charge in [0.2, 0.25) is 0 Å². The van der Waals surface area contributed by atoms with Gasteiger partial charge < -0.3 is 4.90 Å². The minimum atomic E-state index is -0.197. The fourth-order valence-corrected chi connectivity index (χ4v) is 4.65. The normalized spacial score (nSPS) is 25.6. The number of hydrogen-bond donors (Lipinski definition) is 1. The van der Waals surface area contributed by atoms with Crippen molar-refractivity contribution in [3.63, 3.8) is 0 Å². The molecule has 1 aliphatic carbocycles. The van der Waals surface area contributed by atoms with Crippen molar-refractivity contribution in [2.75, 3.05) is 26.2 Å². The van der Waals surface area contributed by atoms with Crippen LogP contribution in [0.4, 0.5) is 0 Å². The van der Waals surface area contributed by atoms with E-state index in [1.54, 1.807) is 0 Å². The van der Waals surface area contributed by atoms with Crippen molar-refractivity contribution in [3.8, 4) is 5.69 Å². The fraction of sp³-hybridized carbons (Fsp3) is 0.524. The van der Waals surface area contributed by atoms with E-state index < -0.39 is 0 Å². The van der Waals surface area contributed by atoms with Crippen LogP contribution in [0.5, 0.6) is 0 Å². The van der Waals surface area contributed by atoms with E-state index in [4.69, 9.17) is 0 Å². The Kier molecular flexibility index (Phi) is 4.16. The Morgan fingerprint density at radius 2 is 1.85 bits per heavy atom. The summed E-state index contributed by atoms with van der Waals surface area (Å²) in [4.78, 5) is 30.1. The van der Waals surface area contributed by atoms with Gasteiger partial charge in [0.05, 0.1) is 5.69 Å². The van der Waals surface area contributed by atoms with E-state index in [0.29, 0.717) is 17.7 Å². The Morgan fingerprint density at radius 3 is 2.63 bits per heavy atom. The number of H-pyrrole nitrogens is 1. The van der Waals surface area contributed by atoms with Gasteiger partial charge in [0.15, 0.2) is 0 Å². The van der Waals surface area contributed by atoms with Gasteiger partial charge in [-0.05, 0) is 49.7 Å². The third-order valence-corrected chi connectivity index (χ3v) is 6.27. The Balaban J connectivity index is 1.36. The van der Waals surface area contributed by atoms with Crippen molar-refractivity contribution >= 4 is 5.91 Å². The zero-order valence-corrected chi connectivity index (χ0v) is 15.5. The molecule has 2 atom stereocenters. The summed E-state index contributed by atoms with van der Waals surface area (Å²) in [6.07, 6.45) is 5.12. The second kappa shape index (κ2) is 6.68. The predicted octanol–water partition coefficient (Wildman–Crippen LogP) is 2.11. The number of para-hydroxylation sites is 1. The molecule has 0 radical (unpaired) electrons. The fourth-order valence-electron chi connectivity index (χ4n) is 4.65. The summed E-state index contributed by atoms with van der Waals surface area (Å²) < 4.78 is 1.44. The molecule has 3 aliphatic heterocycles. The Labute approximate surface area is 158 Å². The molecule has 1 saturated carbocycles. The topological polar surface area (TPSA) is 61.3 Å². The third kappa shape index (κ3) is 3.34. The van der Waals surface area contributed by atoms with Gasteiger partial charge in [0.1, 0.15) is 5.69 Å². The average Bonchev–Trinajstić information content (AvgIpc) is 3.47. The summed E-state index contributed by atoms with van der Waals surface area (Å²) in [7, 11) is 0. The first-order valence-electron chi connectivity index (χ1n) is 10.1. The van der Waals surface area contributed by atoms with Gasteiger partial charge in [-0.25, -0.2) is 4.68 Å². The molecule has 142 valence electrons. The summed E-state index contributed by atoms with van der Waals surface area (Å²) >= 11 is 0. The molecular weight excluding hydrogens is 340 g/mol. The number of piperidine rings is 1. The van der Waals surface area contributed by atoms with Gasteiger partial charge in [0, 0.05) is 38.3 Å². The lowest BCUT2D eigenvalue weighted by atomic mass is 9.95. The molecule has 2 bridgehead atoms. The van der Waals surface area contributed by atoms with Gasteiger partial charge in [-0.1, -0.05) is 18.2 Å². The Hall–Kier alpha value is -2.34. The zero-order valence-electron chi connectivity index (χ0n) is 15.5. The highest BCUT2D eigenvalue weighted by Crippen LogP contribution is 2.35.